The lowest BCUT2D eigenvalue weighted by Crippen LogP contribution is -2.30. The van der Waals surface area contributed by atoms with Crippen LogP contribution in [-0.4, -0.2) is 22.1 Å². The number of aromatic amines is 1. The molecule has 0 spiro atoms. The molecular formula is C15H14FN3O2S. The van der Waals surface area contributed by atoms with Gasteiger partial charge in [0, 0.05) is 12.0 Å². The number of nitrogens with zero attached hydrogens (tertiary/aromatic N) is 2. The lowest BCUT2D eigenvalue weighted by molar-refractivity contribution is -0.118. The number of rotatable bonds is 2. The van der Waals surface area contributed by atoms with Crippen molar-refractivity contribution in [3.8, 4) is 0 Å². The van der Waals surface area contributed by atoms with E-state index in [1.807, 2.05) is 0 Å². The highest BCUT2D eigenvalue weighted by Gasteiger charge is 2.26. The highest BCUT2D eigenvalue weighted by molar-refractivity contribution is 7.98. The molecule has 114 valence electrons. The molecule has 3 rings (SSSR count). The quantitative estimate of drug-likeness (QED) is 0.680. The Morgan fingerprint density at radius 3 is 2.77 bits per heavy atom. The van der Waals surface area contributed by atoms with Crippen molar-refractivity contribution in [2.75, 3.05) is 11.2 Å². The lowest BCUT2D eigenvalue weighted by Gasteiger charge is -2.21. The summed E-state index contributed by atoms with van der Waals surface area (Å²) in [6, 6.07) is 6.12. The fraction of sp³-hybridized carbons (Fsp3) is 0.267. The van der Waals surface area contributed by atoms with Crippen molar-refractivity contribution in [3.63, 3.8) is 0 Å². The van der Waals surface area contributed by atoms with Crippen LogP contribution in [0.4, 0.5) is 10.1 Å². The SMILES string of the molecule is CSc1nc2c(c(=O)[nH]1)CCC(=O)N(c1ccccc1F)C2. The maximum Gasteiger partial charge on any atom is 0.255 e. The number of halogens is 1. The van der Waals surface area contributed by atoms with Gasteiger partial charge in [0.2, 0.25) is 5.91 Å². The van der Waals surface area contributed by atoms with E-state index in [-0.39, 0.29) is 30.1 Å². The average Bonchev–Trinajstić information content (AvgIpc) is 2.67. The van der Waals surface area contributed by atoms with E-state index in [2.05, 4.69) is 9.97 Å². The fourth-order valence-electron chi connectivity index (χ4n) is 2.50. The third-order valence-electron chi connectivity index (χ3n) is 3.61. The second-order valence-electron chi connectivity index (χ2n) is 4.93. The molecule has 0 bridgehead atoms. The van der Waals surface area contributed by atoms with Crippen molar-refractivity contribution >= 4 is 23.4 Å². The molecule has 1 amide bonds. The predicted molar refractivity (Wildman–Crippen MR) is 82.5 cm³/mol. The molecular weight excluding hydrogens is 305 g/mol. The van der Waals surface area contributed by atoms with Gasteiger partial charge in [0.15, 0.2) is 5.16 Å². The molecule has 0 saturated carbocycles. The van der Waals surface area contributed by atoms with Crippen molar-refractivity contribution in [2.24, 2.45) is 0 Å². The molecule has 0 unspecified atom stereocenters. The zero-order valence-corrected chi connectivity index (χ0v) is 12.7. The number of hydrogen-bond donors (Lipinski definition) is 1. The highest BCUT2D eigenvalue weighted by atomic mass is 32.2. The van der Waals surface area contributed by atoms with E-state index in [1.165, 1.54) is 22.7 Å². The van der Waals surface area contributed by atoms with Crippen molar-refractivity contribution in [2.45, 2.75) is 24.5 Å². The zero-order valence-electron chi connectivity index (χ0n) is 11.9. The summed E-state index contributed by atoms with van der Waals surface area (Å²) >= 11 is 1.32. The summed E-state index contributed by atoms with van der Waals surface area (Å²) in [6.07, 6.45) is 2.28. The maximum atomic E-state index is 14.0. The predicted octanol–water partition coefficient (Wildman–Crippen LogP) is 2.11. The Balaban J connectivity index is 2.08. The first-order chi connectivity index (χ1) is 10.6. The van der Waals surface area contributed by atoms with Crippen LogP contribution >= 0.6 is 11.8 Å². The van der Waals surface area contributed by atoms with Gasteiger partial charge in [-0.3, -0.25) is 9.59 Å². The average molecular weight is 319 g/mol. The van der Waals surface area contributed by atoms with Crippen LogP contribution in [0.15, 0.2) is 34.2 Å². The molecule has 2 aromatic rings. The van der Waals surface area contributed by atoms with Crippen LogP contribution in [0, 0.1) is 5.82 Å². The van der Waals surface area contributed by atoms with E-state index in [0.717, 1.165) is 0 Å². The molecule has 0 aliphatic carbocycles. The standard InChI is InChI=1S/C15H14FN3O2S/c1-22-15-17-11-8-19(12-5-3-2-4-10(12)16)13(20)7-6-9(11)14(21)18-15/h2-5H,6-8H2,1H3,(H,17,18,21). The Labute approximate surface area is 130 Å². The molecule has 1 aromatic heterocycles. The fourth-order valence-corrected chi connectivity index (χ4v) is 2.90. The minimum Gasteiger partial charge on any atom is -0.304 e. The molecule has 0 atom stereocenters. The van der Waals surface area contributed by atoms with Crippen molar-refractivity contribution in [1.29, 1.82) is 0 Å². The Bertz CT molecular complexity index is 791. The number of thioether (sulfide) groups is 1. The van der Waals surface area contributed by atoms with Crippen LogP contribution in [0.2, 0.25) is 0 Å². The number of amides is 1. The largest absolute Gasteiger partial charge is 0.304 e. The zero-order chi connectivity index (χ0) is 15.7. The van der Waals surface area contributed by atoms with Gasteiger partial charge >= 0.3 is 0 Å². The number of hydrogen-bond acceptors (Lipinski definition) is 4. The molecule has 1 aliphatic rings. The Kier molecular flexibility index (Phi) is 3.98. The second-order valence-corrected chi connectivity index (χ2v) is 5.73. The molecule has 1 aromatic carbocycles. The molecule has 22 heavy (non-hydrogen) atoms. The number of anilines is 1. The van der Waals surface area contributed by atoms with Crippen molar-refractivity contribution < 1.29 is 9.18 Å². The molecule has 7 heteroatoms. The van der Waals surface area contributed by atoms with Crippen LogP contribution in [0.25, 0.3) is 0 Å². The molecule has 5 nitrogen and oxygen atoms in total. The number of carbonyl (C=O) groups is 1. The third kappa shape index (κ3) is 2.64. The van der Waals surface area contributed by atoms with Crippen LogP contribution in [0.3, 0.4) is 0 Å². The van der Waals surface area contributed by atoms with E-state index < -0.39 is 5.82 Å². The van der Waals surface area contributed by atoms with E-state index in [4.69, 9.17) is 0 Å². The Hall–Kier alpha value is -2.15. The van der Waals surface area contributed by atoms with Gasteiger partial charge in [-0.15, -0.1) is 0 Å². The van der Waals surface area contributed by atoms with E-state index in [0.29, 0.717) is 22.8 Å². The minimum absolute atomic E-state index is 0.104. The van der Waals surface area contributed by atoms with Gasteiger partial charge in [-0.1, -0.05) is 23.9 Å². The second kappa shape index (κ2) is 5.92. The number of H-pyrrole nitrogens is 1. The van der Waals surface area contributed by atoms with Gasteiger partial charge in [0.05, 0.1) is 17.9 Å². The monoisotopic (exact) mass is 319 g/mol. The lowest BCUT2D eigenvalue weighted by atomic mass is 10.1. The molecule has 1 N–H and O–H groups in total. The van der Waals surface area contributed by atoms with Gasteiger partial charge < -0.3 is 9.88 Å². The molecule has 0 fully saturated rings. The summed E-state index contributed by atoms with van der Waals surface area (Å²) in [5.41, 5.74) is 1.03. The van der Waals surface area contributed by atoms with Crippen LogP contribution < -0.4 is 10.5 Å². The number of benzene rings is 1. The van der Waals surface area contributed by atoms with E-state index in [1.54, 1.807) is 24.5 Å². The third-order valence-corrected chi connectivity index (χ3v) is 4.19. The summed E-state index contributed by atoms with van der Waals surface area (Å²) in [5, 5.41) is 0.492. The number of aromatic nitrogens is 2. The summed E-state index contributed by atoms with van der Waals surface area (Å²) < 4.78 is 14.0. The number of nitrogens with one attached hydrogen (secondary N) is 1. The smallest absolute Gasteiger partial charge is 0.255 e. The summed E-state index contributed by atoms with van der Waals surface area (Å²) in [6.45, 7) is 0.104. The molecule has 1 aliphatic heterocycles. The summed E-state index contributed by atoms with van der Waals surface area (Å²) in [4.78, 5) is 32.8. The topological polar surface area (TPSA) is 66.1 Å². The van der Waals surface area contributed by atoms with E-state index >= 15 is 0 Å². The normalized spacial score (nSPS) is 14.6. The van der Waals surface area contributed by atoms with Crippen molar-refractivity contribution in [1.82, 2.24) is 9.97 Å². The summed E-state index contributed by atoms with van der Waals surface area (Å²) in [5.74, 6) is -0.678. The van der Waals surface area contributed by atoms with Crippen LogP contribution in [0.5, 0.6) is 0 Å². The van der Waals surface area contributed by atoms with Crippen LogP contribution in [-0.2, 0) is 17.8 Å². The minimum atomic E-state index is -0.464. The van der Waals surface area contributed by atoms with E-state index in [9.17, 15) is 14.0 Å². The molecule has 0 radical (unpaired) electrons. The molecule has 0 saturated heterocycles. The van der Waals surface area contributed by atoms with Gasteiger partial charge in [0.1, 0.15) is 5.82 Å². The first-order valence-corrected chi connectivity index (χ1v) is 8.03. The molecule has 2 heterocycles. The number of carbonyl (C=O) groups excluding carboxylic acids is 1. The maximum absolute atomic E-state index is 14.0. The Morgan fingerprint density at radius 2 is 2.05 bits per heavy atom. The van der Waals surface area contributed by atoms with Gasteiger partial charge in [-0.2, -0.15) is 0 Å². The number of para-hydroxylation sites is 1. The first-order valence-electron chi connectivity index (χ1n) is 6.81. The van der Waals surface area contributed by atoms with Crippen LogP contribution in [0.1, 0.15) is 17.7 Å². The van der Waals surface area contributed by atoms with Gasteiger partial charge in [0.25, 0.3) is 5.56 Å². The van der Waals surface area contributed by atoms with Gasteiger partial charge in [-0.25, -0.2) is 9.37 Å². The Morgan fingerprint density at radius 1 is 1.27 bits per heavy atom. The first kappa shape index (κ1) is 14.8. The summed E-state index contributed by atoms with van der Waals surface area (Å²) in [7, 11) is 0. The highest BCUT2D eigenvalue weighted by Crippen LogP contribution is 2.25. The van der Waals surface area contributed by atoms with Gasteiger partial charge in [-0.05, 0) is 24.8 Å². The number of fused-ring (bicyclic) bond motifs is 1. The van der Waals surface area contributed by atoms with Crippen molar-refractivity contribution in [3.05, 3.63) is 51.7 Å².